The van der Waals surface area contributed by atoms with Crippen LogP contribution in [0.2, 0.25) is 0 Å². The minimum atomic E-state index is 0.115. The van der Waals surface area contributed by atoms with Gasteiger partial charge in [0.05, 0.1) is 5.92 Å². The fourth-order valence-electron chi connectivity index (χ4n) is 0.971. The molecule has 0 aromatic heterocycles. The number of rotatable bonds is 0. The molecule has 2 nitrogen and oxygen atoms in total. The van der Waals surface area contributed by atoms with Gasteiger partial charge in [0.25, 0.3) is 0 Å². The van der Waals surface area contributed by atoms with Crippen molar-refractivity contribution in [1.29, 1.82) is 0 Å². The molecule has 56 valence electrons. The van der Waals surface area contributed by atoms with Crippen molar-refractivity contribution >= 4 is 5.91 Å². The van der Waals surface area contributed by atoms with Gasteiger partial charge in [-0.1, -0.05) is 5.92 Å². The van der Waals surface area contributed by atoms with Gasteiger partial charge in [0.1, 0.15) is 0 Å². The fraction of sp³-hybridized carbons (Fsp3) is 0.444. The molecule has 1 aliphatic heterocycles. The third kappa shape index (κ3) is 1.75. The summed E-state index contributed by atoms with van der Waals surface area (Å²) < 4.78 is 0. The predicted octanol–water partition coefficient (Wildman–Crippen LogP) is 0.101. The minimum Gasteiger partial charge on any atom is -0.340 e. The zero-order chi connectivity index (χ0) is 8.27. The van der Waals surface area contributed by atoms with Gasteiger partial charge in [-0.25, -0.2) is 0 Å². The molecule has 0 radical (unpaired) electrons. The first kappa shape index (κ1) is 7.69. The van der Waals surface area contributed by atoms with E-state index in [1.54, 1.807) is 11.8 Å². The standard InChI is InChI=1S/C9H9NO/c1-3-4-5-9-6-10(7-9)8(2)11/h1,9H,6-7H2,2H3. The van der Waals surface area contributed by atoms with Crippen molar-refractivity contribution in [2.75, 3.05) is 13.1 Å². The molecule has 1 heterocycles. The van der Waals surface area contributed by atoms with Crippen LogP contribution in [0.15, 0.2) is 0 Å². The molecule has 0 aromatic rings. The van der Waals surface area contributed by atoms with Crippen molar-refractivity contribution in [3.63, 3.8) is 0 Å². The Labute approximate surface area is 66.6 Å². The molecule has 0 aliphatic carbocycles. The summed E-state index contributed by atoms with van der Waals surface area (Å²) in [6.45, 7) is 3.04. The van der Waals surface area contributed by atoms with Crippen LogP contribution in [0.5, 0.6) is 0 Å². The van der Waals surface area contributed by atoms with Gasteiger partial charge in [-0.3, -0.25) is 4.79 Å². The summed E-state index contributed by atoms with van der Waals surface area (Å²) in [6, 6.07) is 0. The molecule has 0 spiro atoms. The number of terminal acetylenes is 1. The van der Waals surface area contributed by atoms with Gasteiger partial charge < -0.3 is 4.90 Å². The molecule has 0 atom stereocenters. The Bertz CT molecular complexity index is 258. The molecule has 0 saturated carbocycles. The quantitative estimate of drug-likeness (QED) is 0.445. The Morgan fingerprint density at radius 2 is 2.27 bits per heavy atom. The second-order valence-corrected chi connectivity index (χ2v) is 2.53. The molecule has 11 heavy (non-hydrogen) atoms. The maximum atomic E-state index is 10.7. The molecule has 0 N–H and O–H groups in total. The lowest BCUT2D eigenvalue weighted by atomic mass is 10.0. The monoisotopic (exact) mass is 147 g/mol. The van der Waals surface area contributed by atoms with Gasteiger partial charge in [-0.15, -0.1) is 6.42 Å². The molecule has 1 fully saturated rings. The number of hydrogen-bond acceptors (Lipinski definition) is 1. The van der Waals surface area contributed by atoms with E-state index in [9.17, 15) is 4.79 Å². The summed E-state index contributed by atoms with van der Waals surface area (Å²) in [5.41, 5.74) is 0. The molecule has 2 heteroatoms. The average Bonchev–Trinajstić information content (AvgIpc) is 1.84. The van der Waals surface area contributed by atoms with Crippen LogP contribution < -0.4 is 0 Å². The lowest BCUT2D eigenvalue weighted by molar-refractivity contribution is -0.133. The zero-order valence-corrected chi connectivity index (χ0v) is 6.42. The summed E-state index contributed by atoms with van der Waals surface area (Å²) in [4.78, 5) is 12.4. The predicted molar refractivity (Wildman–Crippen MR) is 42.4 cm³/mol. The summed E-state index contributed by atoms with van der Waals surface area (Å²) in [5, 5.41) is 0. The van der Waals surface area contributed by atoms with E-state index in [2.05, 4.69) is 17.8 Å². The normalized spacial score (nSPS) is 15.8. The van der Waals surface area contributed by atoms with Gasteiger partial charge in [0, 0.05) is 20.0 Å². The van der Waals surface area contributed by atoms with Crippen molar-refractivity contribution in [1.82, 2.24) is 4.90 Å². The molecule has 1 saturated heterocycles. The highest BCUT2D eigenvalue weighted by Crippen LogP contribution is 2.13. The van der Waals surface area contributed by atoms with E-state index in [-0.39, 0.29) is 5.91 Å². The summed E-state index contributed by atoms with van der Waals surface area (Å²) in [5.74, 6) is 8.08. The van der Waals surface area contributed by atoms with Crippen LogP contribution in [0.1, 0.15) is 6.92 Å². The van der Waals surface area contributed by atoms with Gasteiger partial charge in [-0.05, 0) is 11.8 Å². The molecular formula is C9H9NO. The van der Waals surface area contributed by atoms with Crippen molar-refractivity contribution in [3.8, 4) is 24.2 Å². The first-order valence-electron chi connectivity index (χ1n) is 3.45. The molecule has 0 unspecified atom stereocenters. The van der Waals surface area contributed by atoms with E-state index in [0.29, 0.717) is 5.92 Å². The first-order chi connectivity index (χ1) is 5.24. The highest BCUT2D eigenvalue weighted by Gasteiger charge is 2.26. The number of amides is 1. The van der Waals surface area contributed by atoms with E-state index in [0.717, 1.165) is 13.1 Å². The Morgan fingerprint density at radius 3 is 2.73 bits per heavy atom. The molecule has 1 aliphatic rings. The lowest BCUT2D eigenvalue weighted by Gasteiger charge is -2.35. The van der Waals surface area contributed by atoms with Crippen molar-refractivity contribution in [2.24, 2.45) is 5.92 Å². The van der Waals surface area contributed by atoms with Crippen LogP contribution in [0.3, 0.4) is 0 Å². The third-order valence-electron chi connectivity index (χ3n) is 1.68. The molecular weight excluding hydrogens is 138 g/mol. The lowest BCUT2D eigenvalue weighted by Crippen LogP contribution is -2.48. The van der Waals surface area contributed by atoms with Crippen molar-refractivity contribution < 1.29 is 4.79 Å². The molecule has 1 amide bonds. The number of hydrogen-bond donors (Lipinski definition) is 0. The van der Waals surface area contributed by atoms with Gasteiger partial charge in [-0.2, -0.15) is 0 Å². The summed E-state index contributed by atoms with van der Waals surface area (Å²) >= 11 is 0. The number of nitrogens with zero attached hydrogens (tertiary/aromatic N) is 1. The maximum Gasteiger partial charge on any atom is 0.219 e. The SMILES string of the molecule is C#CC#CC1CN(C(C)=O)C1. The van der Waals surface area contributed by atoms with Gasteiger partial charge in [0.2, 0.25) is 5.91 Å². The second kappa shape index (κ2) is 3.12. The smallest absolute Gasteiger partial charge is 0.219 e. The highest BCUT2D eigenvalue weighted by atomic mass is 16.2. The van der Waals surface area contributed by atoms with Gasteiger partial charge in [0.15, 0.2) is 0 Å². The van der Waals surface area contributed by atoms with E-state index >= 15 is 0 Å². The highest BCUT2D eigenvalue weighted by molar-refractivity contribution is 5.74. The van der Waals surface area contributed by atoms with E-state index in [4.69, 9.17) is 6.42 Å². The third-order valence-corrected chi connectivity index (χ3v) is 1.68. The maximum absolute atomic E-state index is 10.7. The molecule has 0 aromatic carbocycles. The minimum absolute atomic E-state index is 0.115. The van der Waals surface area contributed by atoms with Crippen LogP contribution in [0.25, 0.3) is 0 Å². The Kier molecular flexibility index (Phi) is 2.18. The van der Waals surface area contributed by atoms with Crippen molar-refractivity contribution in [2.45, 2.75) is 6.92 Å². The molecule has 1 rings (SSSR count). The Morgan fingerprint density at radius 1 is 1.64 bits per heavy atom. The van der Waals surface area contributed by atoms with E-state index < -0.39 is 0 Å². The van der Waals surface area contributed by atoms with Crippen LogP contribution in [0.4, 0.5) is 0 Å². The van der Waals surface area contributed by atoms with Crippen LogP contribution in [0, 0.1) is 30.1 Å². The number of likely N-dealkylation sites (tertiary alicyclic amines) is 1. The number of carbonyl (C=O) groups is 1. The summed E-state index contributed by atoms with van der Waals surface area (Å²) in [6.07, 6.45) is 4.95. The number of carbonyl (C=O) groups excluding carboxylic acids is 1. The summed E-state index contributed by atoms with van der Waals surface area (Å²) in [7, 11) is 0. The largest absolute Gasteiger partial charge is 0.340 e. The van der Waals surface area contributed by atoms with Crippen LogP contribution >= 0.6 is 0 Å². The average molecular weight is 147 g/mol. The van der Waals surface area contributed by atoms with E-state index in [1.165, 1.54) is 0 Å². The Hall–Kier alpha value is -1.41. The van der Waals surface area contributed by atoms with Gasteiger partial charge >= 0.3 is 0 Å². The second-order valence-electron chi connectivity index (χ2n) is 2.53. The Balaban J connectivity index is 2.31. The molecule has 0 bridgehead atoms. The van der Waals surface area contributed by atoms with Crippen LogP contribution in [-0.2, 0) is 4.79 Å². The fourth-order valence-corrected chi connectivity index (χ4v) is 0.971. The van der Waals surface area contributed by atoms with E-state index in [1.807, 2.05) is 0 Å². The van der Waals surface area contributed by atoms with Crippen molar-refractivity contribution in [3.05, 3.63) is 0 Å². The topological polar surface area (TPSA) is 20.3 Å². The zero-order valence-electron chi connectivity index (χ0n) is 6.42. The van der Waals surface area contributed by atoms with Crippen LogP contribution in [-0.4, -0.2) is 23.9 Å². The first-order valence-corrected chi connectivity index (χ1v) is 3.45.